The second-order valence-corrected chi connectivity index (χ2v) is 5.08. The average molecular weight is 282 g/mol. The van der Waals surface area contributed by atoms with Gasteiger partial charge in [-0.15, -0.1) is 0 Å². The maximum absolute atomic E-state index is 13.7. The van der Waals surface area contributed by atoms with Gasteiger partial charge in [-0.3, -0.25) is 0 Å². The maximum Gasteiger partial charge on any atom is 0.167 e. The minimum absolute atomic E-state index is 0.259. The summed E-state index contributed by atoms with van der Waals surface area (Å²) in [5.74, 6) is -0.148. The van der Waals surface area contributed by atoms with Crippen LogP contribution in [0.1, 0.15) is 52.9 Å². The lowest BCUT2D eigenvalue weighted by Crippen LogP contribution is -2.20. The Bertz CT molecular complexity index is 410. The van der Waals surface area contributed by atoms with Crippen molar-refractivity contribution in [3.8, 4) is 5.75 Å². The maximum atomic E-state index is 13.7. The summed E-state index contributed by atoms with van der Waals surface area (Å²) >= 11 is 0. The first-order valence-corrected chi connectivity index (χ1v) is 7.60. The molecule has 0 saturated carbocycles. The van der Waals surface area contributed by atoms with Gasteiger partial charge in [-0.1, -0.05) is 33.1 Å². The molecule has 0 aliphatic heterocycles. The van der Waals surface area contributed by atoms with E-state index in [1.807, 2.05) is 6.92 Å². The molecule has 114 valence electrons. The van der Waals surface area contributed by atoms with Crippen LogP contribution >= 0.6 is 0 Å². The fourth-order valence-corrected chi connectivity index (χ4v) is 2.27. The first-order valence-electron chi connectivity index (χ1n) is 7.60. The van der Waals surface area contributed by atoms with Crippen molar-refractivity contribution in [2.45, 2.75) is 58.9 Å². The molecule has 1 rings (SSSR count). The Morgan fingerprint density at radius 2 is 1.95 bits per heavy atom. The summed E-state index contributed by atoms with van der Waals surface area (Å²) in [5, 5.41) is 3.44. The van der Waals surface area contributed by atoms with Crippen LogP contribution in [0.3, 0.4) is 0 Å². The average Bonchev–Trinajstić information content (AvgIpc) is 2.41. The number of benzene rings is 1. The van der Waals surface area contributed by atoms with Crippen molar-refractivity contribution in [3.05, 3.63) is 17.9 Å². The minimum Gasteiger partial charge on any atom is -0.491 e. The fraction of sp³-hybridized carbons (Fsp3) is 0.625. The predicted molar refractivity (Wildman–Crippen MR) is 83.8 cm³/mol. The SMILES string of the molecule is CCCCC(CCC)Nc1cc(OCC)c(F)cc1N. The molecule has 0 spiro atoms. The fourth-order valence-electron chi connectivity index (χ4n) is 2.27. The Hall–Kier alpha value is -1.45. The van der Waals surface area contributed by atoms with Gasteiger partial charge < -0.3 is 15.8 Å². The number of nitrogen functional groups attached to an aromatic ring is 1. The first kappa shape index (κ1) is 16.6. The summed E-state index contributed by atoms with van der Waals surface area (Å²) in [5.41, 5.74) is 7.10. The van der Waals surface area contributed by atoms with Crippen molar-refractivity contribution in [2.75, 3.05) is 17.7 Å². The highest BCUT2D eigenvalue weighted by molar-refractivity contribution is 5.69. The van der Waals surface area contributed by atoms with E-state index in [1.54, 1.807) is 6.07 Å². The van der Waals surface area contributed by atoms with E-state index < -0.39 is 5.82 Å². The van der Waals surface area contributed by atoms with Crippen LogP contribution in [0.25, 0.3) is 0 Å². The lowest BCUT2D eigenvalue weighted by molar-refractivity contribution is 0.322. The van der Waals surface area contributed by atoms with Gasteiger partial charge in [0.05, 0.1) is 18.0 Å². The topological polar surface area (TPSA) is 47.3 Å². The van der Waals surface area contributed by atoms with Crippen LogP contribution in [0, 0.1) is 5.82 Å². The van der Waals surface area contributed by atoms with Gasteiger partial charge in [0.15, 0.2) is 11.6 Å². The molecule has 3 nitrogen and oxygen atoms in total. The Labute approximate surface area is 121 Å². The van der Waals surface area contributed by atoms with Crippen molar-refractivity contribution in [1.29, 1.82) is 0 Å². The van der Waals surface area contributed by atoms with Gasteiger partial charge in [0, 0.05) is 18.2 Å². The predicted octanol–water partition coefficient (Wildman–Crippen LogP) is 4.58. The monoisotopic (exact) mass is 282 g/mol. The van der Waals surface area contributed by atoms with Gasteiger partial charge >= 0.3 is 0 Å². The van der Waals surface area contributed by atoms with Crippen LogP contribution < -0.4 is 15.8 Å². The molecule has 0 radical (unpaired) electrons. The minimum atomic E-state index is -0.407. The van der Waals surface area contributed by atoms with Crippen LogP contribution in [0.2, 0.25) is 0 Å². The van der Waals surface area contributed by atoms with Crippen molar-refractivity contribution in [1.82, 2.24) is 0 Å². The van der Waals surface area contributed by atoms with Gasteiger partial charge in [-0.2, -0.15) is 0 Å². The van der Waals surface area contributed by atoms with Crippen molar-refractivity contribution >= 4 is 11.4 Å². The van der Waals surface area contributed by atoms with Gasteiger partial charge in [-0.25, -0.2) is 4.39 Å². The Morgan fingerprint density at radius 3 is 2.55 bits per heavy atom. The third-order valence-electron chi connectivity index (χ3n) is 3.31. The lowest BCUT2D eigenvalue weighted by atomic mass is 10.0. The number of hydrogen-bond acceptors (Lipinski definition) is 3. The largest absolute Gasteiger partial charge is 0.491 e. The van der Waals surface area contributed by atoms with Crippen molar-refractivity contribution < 1.29 is 9.13 Å². The molecule has 4 heteroatoms. The molecule has 3 N–H and O–H groups in total. The summed E-state index contributed by atoms with van der Waals surface area (Å²) in [7, 11) is 0. The molecule has 1 atom stereocenters. The van der Waals surface area contributed by atoms with Gasteiger partial charge in [0.25, 0.3) is 0 Å². The molecule has 0 amide bonds. The highest BCUT2D eigenvalue weighted by Crippen LogP contribution is 2.29. The molecular weight excluding hydrogens is 255 g/mol. The summed E-state index contributed by atoms with van der Waals surface area (Å²) in [6, 6.07) is 3.38. The first-order chi connectivity index (χ1) is 9.62. The zero-order valence-electron chi connectivity index (χ0n) is 12.8. The third-order valence-corrected chi connectivity index (χ3v) is 3.31. The number of rotatable bonds is 9. The van der Waals surface area contributed by atoms with E-state index in [9.17, 15) is 4.39 Å². The molecule has 0 aliphatic carbocycles. The molecule has 20 heavy (non-hydrogen) atoms. The second-order valence-electron chi connectivity index (χ2n) is 5.08. The van der Waals surface area contributed by atoms with Gasteiger partial charge in [-0.05, 0) is 19.8 Å². The van der Waals surface area contributed by atoms with E-state index in [-0.39, 0.29) is 5.75 Å². The number of anilines is 2. The molecular formula is C16H27FN2O. The second kappa shape index (κ2) is 8.67. The molecule has 0 aliphatic rings. The lowest BCUT2D eigenvalue weighted by Gasteiger charge is -2.21. The highest BCUT2D eigenvalue weighted by atomic mass is 19.1. The molecule has 1 aromatic carbocycles. The van der Waals surface area contributed by atoms with E-state index in [4.69, 9.17) is 10.5 Å². The zero-order chi connectivity index (χ0) is 15.0. The number of nitrogens with two attached hydrogens (primary N) is 1. The Kier molecular flexibility index (Phi) is 7.20. The molecule has 0 heterocycles. The Balaban J connectivity index is 2.84. The summed E-state index contributed by atoms with van der Waals surface area (Å²) in [4.78, 5) is 0. The van der Waals surface area contributed by atoms with E-state index in [0.717, 1.165) is 24.9 Å². The highest BCUT2D eigenvalue weighted by Gasteiger charge is 2.13. The molecule has 1 unspecified atom stereocenters. The standard InChI is InChI=1S/C16H27FN2O/c1-4-7-9-12(8-5-2)19-15-11-16(20-6-3)13(17)10-14(15)18/h10-12,19H,4-9,18H2,1-3H3. The summed E-state index contributed by atoms with van der Waals surface area (Å²) in [6.45, 7) is 6.63. The smallest absolute Gasteiger partial charge is 0.167 e. The normalized spacial score (nSPS) is 12.2. The number of ether oxygens (including phenoxy) is 1. The van der Waals surface area contributed by atoms with Crippen LogP contribution in [0.4, 0.5) is 15.8 Å². The molecule has 0 fully saturated rings. The van der Waals surface area contributed by atoms with Crippen LogP contribution in [0.15, 0.2) is 12.1 Å². The quantitative estimate of drug-likeness (QED) is 0.652. The van der Waals surface area contributed by atoms with Crippen molar-refractivity contribution in [3.63, 3.8) is 0 Å². The van der Waals surface area contributed by atoms with E-state index in [1.165, 1.54) is 18.9 Å². The van der Waals surface area contributed by atoms with Crippen LogP contribution in [-0.4, -0.2) is 12.6 Å². The number of nitrogens with one attached hydrogen (secondary N) is 1. The van der Waals surface area contributed by atoms with Crippen LogP contribution in [-0.2, 0) is 0 Å². The van der Waals surface area contributed by atoms with Gasteiger partial charge in [0.1, 0.15) is 0 Å². The molecule has 1 aromatic rings. The third kappa shape index (κ3) is 4.91. The zero-order valence-corrected chi connectivity index (χ0v) is 12.8. The summed E-state index contributed by atoms with van der Waals surface area (Å²) in [6.07, 6.45) is 5.65. The summed E-state index contributed by atoms with van der Waals surface area (Å²) < 4.78 is 19.0. The van der Waals surface area contributed by atoms with Crippen molar-refractivity contribution in [2.24, 2.45) is 0 Å². The van der Waals surface area contributed by atoms with Crippen LogP contribution in [0.5, 0.6) is 5.75 Å². The molecule has 0 aromatic heterocycles. The van der Waals surface area contributed by atoms with Gasteiger partial charge in [0.2, 0.25) is 0 Å². The van der Waals surface area contributed by atoms with E-state index >= 15 is 0 Å². The van der Waals surface area contributed by atoms with E-state index in [2.05, 4.69) is 19.2 Å². The number of unbranched alkanes of at least 4 members (excludes halogenated alkanes) is 1. The Morgan fingerprint density at radius 1 is 1.20 bits per heavy atom. The van der Waals surface area contributed by atoms with E-state index in [0.29, 0.717) is 18.3 Å². The number of halogens is 1. The molecule has 0 bridgehead atoms. The molecule has 0 saturated heterocycles. The number of hydrogen-bond donors (Lipinski definition) is 2.